The summed E-state index contributed by atoms with van der Waals surface area (Å²) in [4.78, 5) is 57.4. The highest BCUT2D eigenvalue weighted by Crippen LogP contribution is 2.63. The van der Waals surface area contributed by atoms with Gasteiger partial charge in [-0.2, -0.15) is 0 Å². The number of phenols is 1. The monoisotopic (exact) mass is 612 g/mol. The Labute approximate surface area is 257 Å². The van der Waals surface area contributed by atoms with Gasteiger partial charge in [-0.15, -0.1) is 0 Å². The number of amides is 2. The predicted molar refractivity (Wildman–Crippen MR) is 163 cm³/mol. The van der Waals surface area contributed by atoms with Gasteiger partial charge in [0, 0.05) is 23.6 Å². The van der Waals surface area contributed by atoms with Gasteiger partial charge in [0.05, 0.1) is 36.2 Å². The summed E-state index contributed by atoms with van der Waals surface area (Å²) in [6.07, 6.45) is 1.93. The maximum absolute atomic E-state index is 15.1. The summed E-state index contributed by atoms with van der Waals surface area (Å²) in [7, 11) is 1.42. The molecule has 1 saturated carbocycles. The van der Waals surface area contributed by atoms with Crippen molar-refractivity contribution in [3.8, 4) is 11.5 Å². The number of imide groups is 1. The van der Waals surface area contributed by atoms with Crippen LogP contribution in [0.15, 0.2) is 94.0 Å². The van der Waals surface area contributed by atoms with Crippen LogP contribution in [0.1, 0.15) is 36.4 Å². The Hall–Kier alpha value is -4.83. The third kappa shape index (κ3) is 3.67. The Morgan fingerprint density at radius 3 is 2.45 bits per heavy atom. The minimum absolute atomic E-state index is 0.0775. The second kappa shape index (κ2) is 10.1. The van der Waals surface area contributed by atoms with Crippen molar-refractivity contribution in [1.29, 1.82) is 0 Å². The molecule has 1 N–H and O–H groups in total. The van der Waals surface area contributed by atoms with Crippen LogP contribution in [-0.4, -0.2) is 37.5 Å². The lowest BCUT2D eigenvalue weighted by atomic mass is 9.53. The Kier molecular flexibility index (Phi) is 6.44. The van der Waals surface area contributed by atoms with Crippen LogP contribution in [0, 0.1) is 5.92 Å². The summed E-state index contributed by atoms with van der Waals surface area (Å²) >= 11 is 6.33. The number of phenolic OH excluding ortho intramolecular Hbond substituents is 1. The van der Waals surface area contributed by atoms with Crippen LogP contribution in [0.4, 0.5) is 5.69 Å². The molecule has 11 heteroatoms. The van der Waals surface area contributed by atoms with E-state index in [0.717, 1.165) is 4.57 Å². The number of carbonyl (C=O) groups is 2. The van der Waals surface area contributed by atoms with Gasteiger partial charge in [0.1, 0.15) is 0 Å². The highest BCUT2D eigenvalue weighted by molar-refractivity contribution is 6.32. The first-order valence-corrected chi connectivity index (χ1v) is 14.8. The zero-order chi connectivity index (χ0) is 30.9. The van der Waals surface area contributed by atoms with Gasteiger partial charge in [0.2, 0.25) is 11.8 Å². The van der Waals surface area contributed by atoms with Gasteiger partial charge in [-0.3, -0.25) is 9.59 Å². The molecule has 2 fully saturated rings. The van der Waals surface area contributed by atoms with E-state index in [1.807, 2.05) is 36.4 Å². The number of rotatable bonds is 5. The molecule has 3 heterocycles. The van der Waals surface area contributed by atoms with Crippen LogP contribution in [-0.2, 0) is 28.6 Å². The first-order chi connectivity index (χ1) is 21.2. The fraction of sp³-hybridized carbons (Fsp3) is 0.273. The fourth-order valence-corrected chi connectivity index (χ4v) is 7.69. The van der Waals surface area contributed by atoms with Crippen molar-refractivity contribution in [3.63, 3.8) is 0 Å². The number of nitrogens with zero attached hydrogens (tertiary/aromatic N) is 4. The van der Waals surface area contributed by atoms with Crippen LogP contribution < -0.4 is 21.0 Å². The molecule has 224 valence electrons. The van der Waals surface area contributed by atoms with Crippen LogP contribution >= 0.6 is 11.6 Å². The van der Waals surface area contributed by atoms with Gasteiger partial charge in [-0.25, -0.2) is 28.4 Å². The van der Waals surface area contributed by atoms with E-state index in [4.69, 9.17) is 16.3 Å². The van der Waals surface area contributed by atoms with Crippen molar-refractivity contribution in [2.75, 3.05) is 11.5 Å². The summed E-state index contributed by atoms with van der Waals surface area (Å²) in [5, 5.41) is 12.1. The Bertz CT molecular complexity index is 1990. The average Bonchev–Trinajstić information content (AvgIpc) is 3.39. The molecule has 2 amide bonds. The number of hydrogen-bond donors (Lipinski definition) is 1. The molecule has 3 aliphatic rings. The van der Waals surface area contributed by atoms with Gasteiger partial charge in [-0.1, -0.05) is 66.2 Å². The largest absolute Gasteiger partial charge is 0.504 e. The molecule has 4 atom stereocenters. The lowest BCUT2D eigenvalue weighted by molar-refractivity contribution is -0.124. The molecule has 10 nitrogen and oxygen atoms in total. The first kappa shape index (κ1) is 28.0. The number of aromatic nitrogens is 3. The Balaban J connectivity index is 1.57. The minimum atomic E-state index is -1.51. The molecular formula is C33H29ClN4O6. The number of benzene rings is 3. The topological polar surface area (TPSA) is 116 Å². The van der Waals surface area contributed by atoms with Crippen LogP contribution in [0.2, 0.25) is 5.02 Å². The smallest absolute Gasteiger partial charge is 0.347 e. The lowest BCUT2D eigenvalue weighted by Gasteiger charge is -2.49. The van der Waals surface area contributed by atoms with E-state index < -0.39 is 46.5 Å². The summed E-state index contributed by atoms with van der Waals surface area (Å²) in [6, 6.07) is 20.1. The molecule has 2 aliphatic heterocycles. The summed E-state index contributed by atoms with van der Waals surface area (Å²) in [5.74, 6) is -2.69. The number of allylic oxidation sites excluding steroid dienone is 2. The van der Waals surface area contributed by atoms with E-state index in [1.54, 1.807) is 49.4 Å². The van der Waals surface area contributed by atoms with Crippen molar-refractivity contribution in [2.24, 2.45) is 13.0 Å². The number of para-hydroxylation sites is 1. The summed E-state index contributed by atoms with van der Waals surface area (Å²) in [5.41, 5.74) is -0.530. The standard InChI is InChI=1S/C33H29ClN4O6/c1-3-44-26-14-8-13-23(28(26)39)27-22-15-16-36-31(42)35(2)32(43)38(36)25(22)18-24-29(40)37(21-12-7-11-20(34)17-21)30(41)33(24,27)19-9-5-4-6-10-19/h4-15,17,24-25,27,39H,3,16,18H2,1-2H3/t24-,25+,27+,33+/m0/s1. The number of hydrogen-bond acceptors (Lipinski definition) is 6. The predicted octanol–water partition coefficient (Wildman–Crippen LogP) is 3.90. The molecule has 0 bridgehead atoms. The number of anilines is 1. The van der Waals surface area contributed by atoms with Gasteiger partial charge < -0.3 is 9.84 Å². The molecule has 4 aromatic rings. The second-order valence-electron chi connectivity index (χ2n) is 11.3. The quantitative estimate of drug-likeness (QED) is 0.270. The molecule has 1 aromatic heterocycles. The van der Waals surface area contributed by atoms with E-state index in [0.29, 0.717) is 34.0 Å². The number of ether oxygens (including phenoxy) is 1. The van der Waals surface area contributed by atoms with Crippen molar-refractivity contribution in [1.82, 2.24) is 13.9 Å². The molecule has 1 aliphatic carbocycles. The normalized spacial score (nSPS) is 24.0. The van der Waals surface area contributed by atoms with Gasteiger partial charge in [0.25, 0.3) is 0 Å². The van der Waals surface area contributed by atoms with Crippen molar-refractivity contribution in [2.45, 2.75) is 37.3 Å². The molecule has 0 unspecified atom stereocenters. The third-order valence-electron chi connectivity index (χ3n) is 9.26. The molecule has 1 saturated heterocycles. The maximum atomic E-state index is 15.1. The zero-order valence-electron chi connectivity index (χ0n) is 24.0. The SMILES string of the molecule is CCOc1cccc([C@H]2C3=CCn4c(=O)n(C)c(=O)n4[C@@H]3C[C@H]3C(=O)N(c4cccc(Cl)c4)C(=O)[C@@]23c2ccccc2)c1O. The van der Waals surface area contributed by atoms with Crippen molar-refractivity contribution in [3.05, 3.63) is 122 Å². The third-order valence-corrected chi connectivity index (χ3v) is 9.50. The average molecular weight is 613 g/mol. The fourth-order valence-electron chi connectivity index (χ4n) is 7.50. The molecular weight excluding hydrogens is 584 g/mol. The Morgan fingerprint density at radius 2 is 1.73 bits per heavy atom. The van der Waals surface area contributed by atoms with Crippen LogP contribution in [0.5, 0.6) is 11.5 Å². The summed E-state index contributed by atoms with van der Waals surface area (Å²) < 4.78 is 9.54. The number of aromatic hydroxyl groups is 1. The molecule has 7 rings (SSSR count). The maximum Gasteiger partial charge on any atom is 0.347 e. The molecule has 3 aromatic carbocycles. The molecule has 0 spiro atoms. The molecule has 44 heavy (non-hydrogen) atoms. The number of halogens is 1. The van der Waals surface area contributed by atoms with E-state index >= 15 is 4.79 Å². The van der Waals surface area contributed by atoms with Crippen molar-refractivity contribution >= 4 is 29.1 Å². The van der Waals surface area contributed by atoms with Gasteiger partial charge in [-0.05, 0) is 48.7 Å². The number of fused-ring (bicyclic) bond motifs is 4. The van der Waals surface area contributed by atoms with Gasteiger partial charge in [0.15, 0.2) is 11.5 Å². The lowest BCUT2D eigenvalue weighted by Crippen LogP contribution is -2.53. The van der Waals surface area contributed by atoms with E-state index in [9.17, 15) is 19.5 Å². The van der Waals surface area contributed by atoms with E-state index in [2.05, 4.69) is 0 Å². The highest BCUT2D eigenvalue weighted by Gasteiger charge is 2.69. The van der Waals surface area contributed by atoms with Crippen LogP contribution in [0.25, 0.3) is 0 Å². The van der Waals surface area contributed by atoms with E-state index in [-0.39, 0.29) is 24.5 Å². The minimum Gasteiger partial charge on any atom is -0.504 e. The second-order valence-corrected chi connectivity index (χ2v) is 11.7. The van der Waals surface area contributed by atoms with Crippen molar-refractivity contribution < 1.29 is 19.4 Å². The Morgan fingerprint density at radius 1 is 0.977 bits per heavy atom. The van der Waals surface area contributed by atoms with E-state index in [1.165, 1.54) is 21.3 Å². The molecule has 0 radical (unpaired) electrons. The highest BCUT2D eigenvalue weighted by atomic mass is 35.5. The van der Waals surface area contributed by atoms with Crippen LogP contribution in [0.3, 0.4) is 0 Å². The van der Waals surface area contributed by atoms with Gasteiger partial charge >= 0.3 is 11.4 Å². The summed E-state index contributed by atoms with van der Waals surface area (Å²) in [6.45, 7) is 2.18. The first-order valence-electron chi connectivity index (χ1n) is 14.4. The zero-order valence-corrected chi connectivity index (χ0v) is 24.8. The number of carbonyl (C=O) groups excluding carboxylic acids is 2.